The lowest BCUT2D eigenvalue weighted by Crippen LogP contribution is -2.15. The number of hydrogen-bond donors (Lipinski definition) is 1. The van der Waals surface area contributed by atoms with Gasteiger partial charge in [0.05, 0.1) is 0 Å². The van der Waals surface area contributed by atoms with Crippen LogP contribution in [0.2, 0.25) is 5.02 Å². The first-order valence-corrected chi connectivity index (χ1v) is 6.93. The summed E-state index contributed by atoms with van der Waals surface area (Å²) in [7, 11) is 0. The third-order valence-corrected chi connectivity index (χ3v) is 4.00. The molecule has 0 atom stereocenters. The van der Waals surface area contributed by atoms with E-state index in [1.807, 2.05) is 10.7 Å². The van der Waals surface area contributed by atoms with Gasteiger partial charge in [0.15, 0.2) is 5.82 Å². The van der Waals surface area contributed by atoms with Crippen LogP contribution in [0.3, 0.4) is 0 Å². The molecule has 1 aliphatic rings. The first-order valence-electron chi connectivity index (χ1n) is 6.55. The van der Waals surface area contributed by atoms with Gasteiger partial charge in [-0.25, -0.2) is 4.68 Å². The molecular weight excluding hydrogens is 262 g/mol. The summed E-state index contributed by atoms with van der Waals surface area (Å²) in [5.41, 5.74) is 7.42. The van der Waals surface area contributed by atoms with Gasteiger partial charge in [-0.05, 0) is 41.0 Å². The van der Waals surface area contributed by atoms with Crippen molar-refractivity contribution in [3.8, 4) is 11.4 Å². The van der Waals surface area contributed by atoms with E-state index in [2.05, 4.69) is 15.5 Å². The molecule has 1 fully saturated rings. The molecule has 0 bridgehead atoms. The number of hydrogen-bond acceptors (Lipinski definition) is 4. The molecule has 100 valence electrons. The van der Waals surface area contributed by atoms with Crippen LogP contribution in [-0.4, -0.2) is 20.2 Å². The Balaban J connectivity index is 1.81. The maximum Gasteiger partial charge on any atom is 0.184 e. The van der Waals surface area contributed by atoms with Crippen molar-refractivity contribution in [3.63, 3.8) is 0 Å². The zero-order valence-corrected chi connectivity index (χ0v) is 11.3. The van der Waals surface area contributed by atoms with Gasteiger partial charge in [-0.1, -0.05) is 30.9 Å². The molecule has 1 aromatic heterocycles. The number of anilines is 1. The molecule has 1 heterocycles. The van der Waals surface area contributed by atoms with E-state index >= 15 is 0 Å². The Kier molecular flexibility index (Phi) is 3.38. The van der Waals surface area contributed by atoms with E-state index in [1.165, 1.54) is 19.3 Å². The first kappa shape index (κ1) is 12.4. The molecule has 2 N–H and O–H groups in total. The number of nitrogens with two attached hydrogens (primary N) is 1. The van der Waals surface area contributed by atoms with Gasteiger partial charge < -0.3 is 5.73 Å². The minimum atomic E-state index is 0.604. The quantitative estimate of drug-likeness (QED) is 0.873. The Morgan fingerprint density at radius 2 is 2.21 bits per heavy atom. The lowest BCUT2D eigenvalue weighted by atomic mass is 9.83. The molecule has 0 unspecified atom stereocenters. The fourth-order valence-electron chi connectivity index (χ4n) is 2.37. The van der Waals surface area contributed by atoms with Crippen molar-refractivity contribution in [1.29, 1.82) is 0 Å². The minimum absolute atomic E-state index is 0.604. The second-order valence-electron chi connectivity index (χ2n) is 5.04. The number of tetrazole rings is 1. The molecule has 0 aliphatic heterocycles. The minimum Gasteiger partial charge on any atom is -0.398 e. The molecule has 3 rings (SSSR count). The molecule has 19 heavy (non-hydrogen) atoms. The van der Waals surface area contributed by atoms with E-state index in [4.69, 9.17) is 17.3 Å². The normalized spacial score (nSPS) is 15.4. The summed E-state index contributed by atoms with van der Waals surface area (Å²) in [4.78, 5) is 0. The van der Waals surface area contributed by atoms with Crippen LogP contribution in [0.15, 0.2) is 18.2 Å². The highest BCUT2D eigenvalue weighted by molar-refractivity contribution is 6.31. The van der Waals surface area contributed by atoms with E-state index in [0.717, 1.165) is 24.4 Å². The second kappa shape index (κ2) is 5.17. The molecule has 1 aliphatic carbocycles. The molecule has 1 saturated carbocycles. The van der Waals surface area contributed by atoms with Crippen LogP contribution in [-0.2, 0) is 6.54 Å². The van der Waals surface area contributed by atoms with Gasteiger partial charge in [0, 0.05) is 22.8 Å². The molecule has 5 nitrogen and oxygen atoms in total. The summed E-state index contributed by atoms with van der Waals surface area (Å²) in [6.45, 7) is 0.842. The van der Waals surface area contributed by atoms with Gasteiger partial charge in [0.1, 0.15) is 0 Å². The first-order chi connectivity index (χ1) is 9.24. The van der Waals surface area contributed by atoms with Crippen molar-refractivity contribution in [2.75, 3.05) is 5.73 Å². The largest absolute Gasteiger partial charge is 0.398 e. The van der Waals surface area contributed by atoms with Crippen LogP contribution in [0.1, 0.15) is 25.7 Å². The van der Waals surface area contributed by atoms with Crippen molar-refractivity contribution >= 4 is 17.3 Å². The Hall–Kier alpha value is -1.62. The Morgan fingerprint density at radius 1 is 1.37 bits per heavy atom. The number of nitrogens with zero attached hydrogens (tertiary/aromatic N) is 4. The third-order valence-electron chi connectivity index (χ3n) is 3.76. The van der Waals surface area contributed by atoms with Crippen molar-refractivity contribution < 1.29 is 0 Å². The van der Waals surface area contributed by atoms with Crippen LogP contribution >= 0.6 is 11.6 Å². The molecule has 2 aromatic rings. The fourth-order valence-corrected chi connectivity index (χ4v) is 2.55. The van der Waals surface area contributed by atoms with E-state index in [0.29, 0.717) is 16.5 Å². The molecule has 6 heteroatoms. The number of benzene rings is 1. The van der Waals surface area contributed by atoms with Gasteiger partial charge >= 0.3 is 0 Å². The predicted octanol–water partition coefficient (Wildman–Crippen LogP) is 2.77. The van der Waals surface area contributed by atoms with E-state index in [1.54, 1.807) is 12.1 Å². The van der Waals surface area contributed by atoms with Crippen molar-refractivity contribution in [1.82, 2.24) is 20.2 Å². The Bertz CT molecular complexity index is 576. The average molecular weight is 278 g/mol. The lowest BCUT2D eigenvalue weighted by molar-refractivity contribution is 0.277. The van der Waals surface area contributed by atoms with Crippen molar-refractivity contribution in [2.45, 2.75) is 32.2 Å². The summed E-state index contributed by atoms with van der Waals surface area (Å²) in [5.74, 6) is 1.55. The molecule has 0 saturated heterocycles. The summed E-state index contributed by atoms with van der Waals surface area (Å²) in [6.07, 6.45) is 5.16. The number of aromatic nitrogens is 4. The van der Waals surface area contributed by atoms with Crippen LogP contribution in [0.25, 0.3) is 11.4 Å². The smallest absolute Gasteiger partial charge is 0.184 e. The highest BCUT2D eigenvalue weighted by atomic mass is 35.5. The molecular formula is C13H16ClN5. The van der Waals surface area contributed by atoms with E-state index in [9.17, 15) is 0 Å². The van der Waals surface area contributed by atoms with Crippen LogP contribution in [0.4, 0.5) is 5.69 Å². The summed E-state index contributed by atoms with van der Waals surface area (Å²) >= 11 is 5.91. The lowest BCUT2D eigenvalue weighted by Gasteiger charge is -2.25. The topological polar surface area (TPSA) is 69.6 Å². The number of rotatable bonds is 4. The molecule has 0 amide bonds. The highest BCUT2D eigenvalue weighted by Gasteiger charge is 2.19. The molecule has 0 spiro atoms. The Morgan fingerprint density at radius 3 is 2.89 bits per heavy atom. The molecule has 1 aromatic carbocycles. The van der Waals surface area contributed by atoms with E-state index < -0.39 is 0 Å². The summed E-state index contributed by atoms with van der Waals surface area (Å²) in [5, 5.41) is 12.5. The fraction of sp³-hybridized carbons (Fsp3) is 0.462. The summed E-state index contributed by atoms with van der Waals surface area (Å²) < 4.78 is 1.83. The van der Waals surface area contributed by atoms with Crippen LogP contribution < -0.4 is 5.73 Å². The number of nitrogen functional groups attached to an aromatic ring is 1. The third kappa shape index (κ3) is 2.56. The maximum absolute atomic E-state index is 5.98. The van der Waals surface area contributed by atoms with Gasteiger partial charge in [0.2, 0.25) is 0 Å². The van der Waals surface area contributed by atoms with Crippen LogP contribution in [0, 0.1) is 5.92 Å². The number of aryl methyl sites for hydroxylation is 1. The van der Waals surface area contributed by atoms with Gasteiger partial charge in [0.25, 0.3) is 0 Å². The SMILES string of the molecule is Nc1cc(Cl)ccc1-c1nnnn1CCC1CCC1. The Labute approximate surface area is 116 Å². The zero-order valence-electron chi connectivity index (χ0n) is 10.6. The van der Waals surface area contributed by atoms with Crippen molar-refractivity contribution in [2.24, 2.45) is 5.92 Å². The number of halogens is 1. The summed E-state index contributed by atoms with van der Waals surface area (Å²) in [6, 6.07) is 5.39. The van der Waals surface area contributed by atoms with Gasteiger partial charge in [-0.3, -0.25) is 0 Å². The average Bonchev–Trinajstić information content (AvgIpc) is 2.75. The van der Waals surface area contributed by atoms with Crippen molar-refractivity contribution in [3.05, 3.63) is 23.2 Å². The second-order valence-corrected chi connectivity index (χ2v) is 5.48. The highest BCUT2D eigenvalue weighted by Crippen LogP contribution is 2.31. The predicted molar refractivity (Wildman–Crippen MR) is 74.6 cm³/mol. The standard InChI is InChI=1S/C13H16ClN5/c14-10-4-5-11(12(15)8-10)13-16-17-18-19(13)7-6-9-2-1-3-9/h4-5,8-9H,1-3,6-7,15H2. The van der Waals surface area contributed by atoms with Gasteiger partial charge in [-0.2, -0.15) is 0 Å². The van der Waals surface area contributed by atoms with Gasteiger partial charge in [-0.15, -0.1) is 5.10 Å². The molecule has 0 radical (unpaired) electrons. The zero-order chi connectivity index (χ0) is 13.2. The van der Waals surface area contributed by atoms with E-state index in [-0.39, 0.29) is 0 Å². The maximum atomic E-state index is 5.98. The monoisotopic (exact) mass is 277 g/mol. The van der Waals surface area contributed by atoms with Crippen LogP contribution in [0.5, 0.6) is 0 Å².